The molecule has 0 spiro atoms. The van der Waals surface area contributed by atoms with Gasteiger partial charge in [0.25, 0.3) is 0 Å². The summed E-state index contributed by atoms with van der Waals surface area (Å²) in [5, 5.41) is 18.8. The third kappa shape index (κ3) is 0.922. The zero-order valence-corrected chi connectivity index (χ0v) is 7.05. The monoisotopic (exact) mass is 168 g/mol. The Labute approximate surface area is 70.4 Å². The van der Waals surface area contributed by atoms with Crippen LogP contribution in [0.25, 0.3) is 0 Å². The third-order valence-corrected chi connectivity index (χ3v) is 2.03. The maximum atomic E-state index is 9.38. The molecule has 0 aliphatic carbocycles. The molecule has 1 aromatic carbocycles. The van der Waals surface area contributed by atoms with Crippen molar-refractivity contribution in [3.8, 4) is 11.5 Å². The smallest absolute Gasteiger partial charge is 0.143 e. The molecule has 0 bridgehead atoms. The van der Waals surface area contributed by atoms with Crippen LogP contribution < -0.4 is 11.5 Å². The SMILES string of the molecule is Cc1c(N)c(O)c(C)c(N)c1O. The third-order valence-electron chi connectivity index (χ3n) is 2.03. The van der Waals surface area contributed by atoms with Gasteiger partial charge in [0.1, 0.15) is 11.5 Å². The van der Waals surface area contributed by atoms with E-state index in [1.807, 2.05) is 0 Å². The average molecular weight is 168 g/mol. The first-order chi connectivity index (χ1) is 5.46. The molecule has 1 aromatic rings. The topological polar surface area (TPSA) is 92.5 Å². The summed E-state index contributed by atoms with van der Waals surface area (Å²) in [6.45, 7) is 3.19. The van der Waals surface area contributed by atoms with Crippen molar-refractivity contribution in [2.75, 3.05) is 11.5 Å². The van der Waals surface area contributed by atoms with E-state index in [0.29, 0.717) is 11.1 Å². The van der Waals surface area contributed by atoms with Crippen LogP contribution in [-0.2, 0) is 0 Å². The largest absolute Gasteiger partial charge is 0.505 e. The summed E-state index contributed by atoms with van der Waals surface area (Å²) in [6, 6.07) is 0. The zero-order valence-electron chi connectivity index (χ0n) is 7.05. The van der Waals surface area contributed by atoms with E-state index in [0.717, 1.165) is 0 Å². The predicted octanol–water partition coefficient (Wildman–Crippen LogP) is 0.879. The number of aromatic hydroxyl groups is 2. The quantitative estimate of drug-likeness (QED) is 0.263. The van der Waals surface area contributed by atoms with Crippen LogP contribution in [-0.4, -0.2) is 10.2 Å². The van der Waals surface area contributed by atoms with Crippen LogP contribution in [0.2, 0.25) is 0 Å². The van der Waals surface area contributed by atoms with Crippen LogP contribution >= 0.6 is 0 Å². The van der Waals surface area contributed by atoms with Crippen molar-refractivity contribution in [3.05, 3.63) is 11.1 Å². The van der Waals surface area contributed by atoms with Gasteiger partial charge >= 0.3 is 0 Å². The van der Waals surface area contributed by atoms with Crippen LogP contribution in [0.15, 0.2) is 0 Å². The number of nitrogens with two attached hydrogens (primary N) is 2. The lowest BCUT2D eigenvalue weighted by atomic mass is 10.1. The normalized spacial score (nSPS) is 10.2. The molecule has 0 saturated carbocycles. The molecule has 0 radical (unpaired) electrons. The van der Waals surface area contributed by atoms with E-state index in [1.165, 1.54) is 0 Å². The summed E-state index contributed by atoms with van der Waals surface area (Å²) in [7, 11) is 0. The number of phenols is 2. The fraction of sp³-hybridized carbons (Fsp3) is 0.250. The van der Waals surface area contributed by atoms with Crippen LogP contribution in [0.1, 0.15) is 11.1 Å². The molecule has 0 saturated heterocycles. The molecule has 0 atom stereocenters. The van der Waals surface area contributed by atoms with Crippen molar-refractivity contribution in [3.63, 3.8) is 0 Å². The molecule has 0 aliphatic rings. The van der Waals surface area contributed by atoms with E-state index in [2.05, 4.69) is 0 Å². The Hall–Kier alpha value is -1.58. The van der Waals surface area contributed by atoms with E-state index < -0.39 is 0 Å². The molecule has 6 N–H and O–H groups in total. The maximum absolute atomic E-state index is 9.38. The number of hydrogen-bond acceptors (Lipinski definition) is 4. The highest BCUT2D eigenvalue weighted by Gasteiger charge is 2.13. The average Bonchev–Trinajstić information content (AvgIpc) is 2.08. The summed E-state index contributed by atoms with van der Waals surface area (Å²) in [4.78, 5) is 0. The molecule has 0 amide bonds. The fourth-order valence-corrected chi connectivity index (χ4v) is 1.01. The first kappa shape index (κ1) is 8.52. The minimum absolute atomic E-state index is 0.0530. The molecule has 0 heterocycles. The van der Waals surface area contributed by atoms with Gasteiger partial charge in [-0.25, -0.2) is 0 Å². The van der Waals surface area contributed by atoms with E-state index in [1.54, 1.807) is 13.8 Å². The van der Waals surface area contributed by atoms with Crippen molar-refractivity contribution in [1.82, 2.24) is 0 Å². The van der Waals surface area contributed by atoms with Crippen molar-refractivity contribution in [1.29, 1.82) is 0 Å². The van der Waals surface area contributed by atoms with E-state index >= 15 is 0 Å². The van der Waals surface area contributed by atoms with Crippen LogP contribution in [0.3, 0.4) is 0 Å². The first-order valence-corrected chi connectivity index (χ1v) is 3.52. The van der Waals surface area contributed by atoms with E-state index in [9.17, 15) is 10.2 Å². The molecule has 66 valence electrons. The summed E-state index contributed by atoms with van der Waals surface area (Å²) >= 11 is 0. The van der Waals surface area contributed by atoms with Gasteiger partial charge in [-0.05, 0) is 13.8 Å². The standard InChI is InChI=1S/C8H12N2O2/c1-3-5(9)8(12)4(2)6(10)7(3)11/h11-12H,9-10H2,1-2H3. The second-order valence-corrected chi connectivity index (χ2v) is 2.77. The number of nitrogen functional groups attached to an aromatic ring is 2. The lowest BCUT2D eigenvalue weighted by Gasteiger charge is -2.11. The minimum atomic E-state index is -0.0530. The summed E-state index contributed by atoms with van der Waals surface area (Å²) < 4.78 is 0. The molecule has 1 rings (SSSR count). The van der Waals surface area contributed by atoms with Crippen LogP contribution in [0, 0.1) is 13.8 Å². The lowest BCUT2D eigenvalue weighted by Crippen LogP contribution is -1.98. The Morgan fingerprint density at radius 3 is 1.33 bits per heavy atom. The minimum Gasteiger partial charge on any atom is -0.505 e. The number of phenolic OH excluding ortho intramolecular Hbond substituents is 2. The van der Waals surface area contributed by atoms with Gasteiger partial charge in [0.15, 0.2) is 0 Å². The molecular formula is C8H12N2O2. The number of hydrogen-bond donors (Lipinski definition) is 4. The van der Waals surface area contributed by atoms with Gasteiger partial charge in [0, 0.05) is 11.1 Å². The van der Waals surface area contributed by atoms with Gasteiger partial charge in [-0.2, -0.15) is 0 Å². The molecular weight excluding hydrogens is 156 g/mol. The summed E-state index contributed by atoms with van der Waals surface area (Å²) in [5.41, 5.74) is 12.2. The first-order valence-electron chi connectivity index (χ1n) is 3.52. The van der Waals surface area contributed by atoms with E-state index in [-0.39, 0.29) is 22.9 Å². The molecule has 0 fully saturated rings. The highest BCUT2D eigenvalue weighted by atomic mass is 16.3. The summed E-state index contributed by atoms with van der Waals surface area (Å²) in [5.74, 6) is -0.106. The van der Waals surface area contributed by atoms with Crippen molar-refractivity contribution < 1.29 is 10.2 Å². The highest BCUT2D eigenvalue weighted by molar-refractivity contribution is 5.76. The van der Waals surface area contributed by atoms with Crippen molar-refractivity contribution >= 4 is 11.4 Å². The van der Waals surface area contributed by atoms with Gasteiger partial charge in [-0.15, -0.1) is 0 Å². The Kier molecular flexibility index (Phi) is 1.76. The van der Waals surface area contributed by atoms with Gasteiger partial charge in [0.05, 0.1) is 11.4 Å². The summed E-state index contributed by atoms with van der Waals surface area (Å²) in [6.07, 6.45) is 0. The fourth-order valence-electron chi connectivity index (χ4n) is 1.01. The molecule has 0 unspecified atom stereocenters. The lowest BCUT2D eigenvalue weighted by molar-refractivity contribution is 0.458. The predicted molar refractivity (Wildman–Crippen MR) is 48.1 cm³/mol. The number of benzene rings is 1. The second kappa shape index (κ2) is 2.48. The van der Waals surface area contributed by atoms with Gasteiger partial charge < -0.3 is 21.7 Å². The zero-order chi connectivity index (χ0) is 9.46. The molecule has 0 aliphatic heterocycles. The second-order valence-electron chi connectivity index (χ2n) is 2.77. The van der Waals surface area contributed by atoms with E-state index in [4.69, 9.17) is 11.5 Å². The molecule has 0 aromatic heterocycles. The van der Waals surface area contributed by atoms with Crippen LogP contribution in [0.5, 0.6) is 11.5 Å². The van der Waals surface area contributed by atoms with Gasteiger partial charge in [-0.1, -0.05) is 0 Å². The Bertz CT molecular complexity index is 229. The van der Waals surface area contributed by atoms with Gasteiger partial charge in [-0.3, -0.25) is 0 Å². The van der Waals surface area contributed by atoms with Crippen molar-refractivity contribution in [2.45, 2.75) is 13.8 Å². The number of rotatable bonds is 0. The van der Waals surface area contributed by atoms with Crippen LogP contribution in [0.4, 0.5) is 11.4 Å². The van der Waals surface area contributed by atoms with Gasteiger partial charge in [0.2, 0.25) is 0 Å². The Balaban J connectivity index is 3.60. The highest BCUT2D eigenvalue weighted by Crippen LogP contribution is 2.39. The number of anilines is 2. The molecule has 4 heteroatoms. The molecule has 12 heavy (non-hydrogen) atoms. The maximum Gasteiger partial charge on any atom is 0.143 e. The Morgan fingerprint density at radius 1 is 0.833 bits per heavy atom. The Morgan fingerprint density at radius 2 is 1.08 bits per heavy atom. The molecule has 4 nitrogen and oxygen atoms in total. The van der Waals surface area contributed by atoms with Crippen molar-refractivity contribution in [2.24, 2.45) is 0 Å².